The number of nitrogen functional groups attached to an aromatic ring is 1. The highest BCUT2D eigenvalue weighted by Crippen LogP contribution is 2.30. The van der Waals surface area contributed by atoms with E-state index < -0.39 is 17.9 Å². The van der Waals surface area contributed by atoms with Crippen molar-refractivity contribution in [2.24, 2.45) is 11.7 Å². The van der Waals surface area contributed by atoms with Gasteiger partial charge in [-0.25, -0.2) is 0 Å². The van der Waals surface area contributed by atoms with Crippen LogP contribution < -0.4 is 26.4 Å². The summed E-state index contributed by atoms with van der Waals surface area (Å²) in [6, 6.07) is 15.5. The van der Waals surface area contributed by atoms with E-state index in [1.807, 2.05) is 44.2 Å². The summed E-state index contributed by atoms with van der Waals surface area (Å²) in [5.41, 5.74) is 12.5. The van der Waals surface area contributed by atoms with Crippen LogP contribution in [0.1, 0.15) is 46.0 Å². The summed E-state index contributed by atoms with van der Waals surface area (Å²) in [7, 11) is 1.54. The van der Waals surface area contributed by atoms with Crippen LogP contribution in [0, 0.1) is 5.92 Å². The Kier molecular flexibility index (Phi) is 8.43. The molecular weight excluding hydrogens is 466 g/mol. The van der Waals surface area contributed by atoms with E-state index in [1.165, 1.54) is 4.90 Å². The second-order valence-electron chi connectivity index (χ2n) is 8.36. The molecule has 0 saturated heterocycles. The second-order valence-corrected chi connectivity index (χ2v) is 9.13. The Bertz CT molecular complexity index is 1180. The molecule has 2 aromatic carbocycles. The van der Waals surface area contributed by atoms with E-state index in [9.17, 15) is 14.4 Å². The minimum absolute atomic E-state index is 0.0410. The maximum atomic E-state index is 13.8. The van der Waals surface area contributed by atoms with Gasteiger partial charge in [-0.05, 0) is 53.7 Å². The molecule has 1 heterocycles. The van der Waals surface area contributed by atoms with Crippen LogP contribution in [0.5, 0.6) is 5.75 Å². The van der Waals surface area contributed by atoms with E-state index in [0.29, 0.717) is 24.4 Å². The molecule has 9 nitrogen and oxygen atoms in total. The van der Waals surface area contributed by atoms with Gasteiger partial charge in [-0.15, -0.1) is 0 Å². The lowest BCUT2D eigenvalue weighted by Gasteiger charge is -2.32. The molecule has 10 heteroatoms. The lowest BCUT2D eigenvalue weighted by Crippen LogP contribution is -2.50. The van der Waals surface area contributed by atoms with Crippen molar-refractivity contribution < 1.29 is 19.1 Å². The standard InChI is InChI=1S/C25H29N5O4S/c1-15(2)13-19(24(32)28-14-16-7-5-4-6-8-16)30(17-9-11-18(34-3)12-10-17)25(33)22-20(26)21(23(27)31)29-35-22/h4-12,15,19H,13-14,26H2,1-3H3,(H2,27,31)(H,28,32). The molecule has 0 aliphatic rings. The van der Waals surface area contributed by atoms with Gasteiger partial charge in [0.25, 0.3) is 11.8 Å². The molecule has 1 atom stereocenters. The summed E-state index contributed by atoms with van der Waals surface area (Å²) < 4.78 is 9.20. The molecule has 1 unspecified atom stereocenters. The summed E-state index contributed by atoms with van der Waals surface area (Å²) in [5, 5.41) is 2.95. The average Bonchev–Trinajstić information content (AvgIpc) is 3.24. The number of primary amides is 1. The van der Waals surface area contributed by atoms with Crippen molar-refractivity contribution in [3.8, 4) is 5.75 Å². The lowest BCUT2D eigenvalue weighted by molar-refractivity contribution is -0.122. The zero-order valence-corrected chi connectivity index (χ0v) is 20.7. The molecule has 3 rings (SSSR count). The molecule has 3 aromatic rings. The Hall–Kier alpha value is -3.92. The van der Waals surface area contributed by atoms with Crippen LogP contribution in [0.2, 0.25) is 0 Å². The highest BCUT2D eigenvalue weighted by molar-refractivity contribution is 7.09. The van der Waals surface area contributed by atoms with Gasteiger partial charge in [-0.2, -0.15) is 4.37 Å². The molecule has 0 aliphatic heterocycles. The summed E-state index contributed by atoms with van der Waals surface area (Å²) in [4.78, 5) is 40.4. The van der Waals surface area contributed by atoms with Crippen molar-refractivity contribution in [3.63, 3.8) is 0 Å². The van der Waals surface area contributed by atoms with Gasteiger partial charge in [-0.3, -0.25) is 19.3 Å². The van der Waals surface area contributed by atoms with Gasteiger partial charge in [0.2, 0.25) is 5.91 Å². The van der Waals surface area contributed by atoms with Crippen molar-refractivity contribution >= 4 is 40.6 Å². The first kappa shape index (κ1) is 25.7. The van der Waals surface area contributed by atoms with Crippen LogP contribution in [0.3, 0.4) is 0 Å². The molecule has 0 saturated carbocycles. The highest BCUT2D eigenvalue weighted by Gasteiger charge is 2.35. The molecule has 0 aliphatic carbocycles. The third kappa shape index (κ3) is 6.15. The molecule has 0 spiro atoms. The smallest absolute Gasteiger partial charge is 0.272 e. The quantitative estimate of drug-likeness (QED) is 0.394. The van der Waals surface area contributed by atoms with Crippen molar-refractivity contribution in [1.29, 1.82) is 0 Å². The third-order valence-electron chi connectivity index (χ3n) is 5.34. The summed E-state index contributed by atoms with van der Waals surface area (Å²) in [6.45, 7) is 4.26. The van der Waals surface area contributed by atoms with E-state index in [1.54, 1.807) is 31.4 Å². The number of nitrogens with one attached hydrogen (secondary N) is 1. The van der Waals surface area contributed by atoms with Crippen LogP contribution in [0.4, 0.5) is 11.4 Å². The third-order valence-corrected chi connectivity index (χ3v) is 6.19. The van der Waals surface area contributed by atoms with Gasteiger partial charge in [0.15, 0.2) is 5.69 Å². The second kappa shape index (κ2) is 11.5. The molecule has 184 valence electrons. The number of anilines is 2. The Balaban J connectivity index is 2.02. The SMILES string of the molecule is COc1ccc(N(C(=O)c2snc(C(N)=O)c2N)C(CC(C)C)C(=O)NCc2ccccc2)cc1. The van der Waals surface area contributed by atoms with E-state index in [4.69, 9.17) is 16.2 Å². The maximum Gasteiger partial charge on any atom is 0.272 e. The average molecular weight is 496 g/mol. The summed E-state index contributed by atoms with van der Waals surface area (Å²) in [6.07, 6.45) is 0.389. The number of hydrogen-bond donors (Lipinski definition) is 3. The number of hydrogen-bond acceptors (Lipinski definition) is 7. The molecule has 5 N–H and O–H groups in total. The number of nitrogens with two attached hydrogens (primary N) is 2. The van der Waals surface area contributed by atoms with E-state index >= 15 is 0 Å². The molecule has 35 heavy (non-hydrogen) atoms. The van der Waals surface area contributed by atoms with E-state index in [2.05, 4.69) is 9.69 Å². The van der Waals surface area contributed by atoms with Crippen molar-refractivity contribution in [3.05, 3.63) is 70.7 Å². The monoisotopic (exact) mass is 495 g/mol. The van der Waals surface area contributed by atoms with Crippen LogP contribution in [0.15, 0.2) is 54.6 Å². The molecule has 0 fully saturated rings. The zero-order chi connectivity index (χ0) is 25.5. The first-order valence-corrected chi connectivity index (χ1v) is 11.8. The van der Waals surface area contributed by atoms with Crippen molar-refractivity contribution in [2.75, 3.05) is 17.7 Å². The predicted molar refractivity (Wildman–Crippen MR) is 136 cm³/mol. The van der Waals surface area contributed by atoms with E-state index in [-0.39, 0.29) is 28.1 Å². The van der Waals surface area contributed by atoms with Gasteiger partial charge in [0.05, 0.1) is 12.8 Å². The number of rotatable bonds is 10. The molecule has 3 amide bonds. The lowest BCUT2D eigenvalue weighted by atomic mass is 10.00. The molecule has 0 bridgehead atoms. The highest BCUT2D eigenvalue weighted by atomic mass is 32.1. The van der Waals surface area contributed by atoms with Gasteiger partial charge in [0, 0.05) is 12.2 Å². The van der Waals surface area contributed by atoms with Crippen molar-refractivity contribution in [2.45, 2.75) is 32.9 Å². The number of nitrogens with zero attached hydrogens (tertiary/aromatic N) is 2. The fraction of sp³-hybridized carbons (Fsp3) is 0.280. The van der Waals surface area contributed by atoms with Gasteiger partial charge >= 0.3 is 0 Å². The maximum absolute atomic E-state index is 13.8. The van der Waals surface area contributed by atoms with Crippen LogP contribution in [-0.2, 0) is 11.3 Å². The fourth-order valence-corrected chi connectivity index (χ4v) is 4.34. The van der Waals surface area contributed by atoms with Gasteiger partial charge < -0.3 is 21.5 Å². The normalized spacial score (nSPS) is 11.7. The Labute approximate surface area is 208 Å². The zero-order valence-electron chi connectivity index (χ0n) is 19.9. The first-order valence-electron chi connectivity index (χ1n) is 11.1. The Morgan fingerprint density at radius 3 is 2.29 bits per heavy atom. The number of carbonyl (C=O) groups is 3. The minimum atomic E-state index is -0.849. The number of benzene rings is 2. The molecule has 1 aromatic heterocycles. The summed E-state index contributed by atoms with van der Waals surface area (Å²) >= 11 is 0.778. The summed E-state index contributed by atoms with van der Waals surface area (Å²) in [5.74, 6) is -0.990. The number of amides is 3. The van der Waals surface area contributed by atoms with Crippen LogP contribution in [0.25, 0.3) is 0 Å². The minimum Gasteiger partial charge on any atom is -0.497 e. The number of ether oxygens (including phenoxy) is 1. The Morgan fingerprint density at radius 1 is 1.09 bits per heavy atom. The topological polar surface area (TPSA) is 141 Å². The predicted octanol–water partition coefficient (Wildman–Crippen LogP) is 3.21. The van der Waals surface area contributed by atoms with Crippen LogP contribution >= 0.6 is 11.5 Å². The largest absolute Gasteiger partial charge is 0.497 e. The van der Waals surface area contributed by atoms with E-state index in [0.717, 1.165) is 17.1 Å². The number of aromatic nitrogens is 1. The number of methoxy groups -OCH3 is 1. The fourth-order valence-electron chi connectivity index (χ4n) is 3.60. The molecule has 0 radical (unpaired) electrons. The van der Waals surface area contributed by atoms with Gasteiger partial charge in [0.1, 0.15) is 16.7 Å². The van der Waals surface area contributed by atoms with Gasteiger partial charge in [-0.1, -0.05) is 44.2 Å². The van der Waals surface area contributed by atoms with Crippen molar-refractivity contribution in [1.82, 2.24) is 9.69 Å². The van der Waals surface area contributed by atoms with Crippen LogP contribution in [-0.4, -0.2) is 35.2 Å². The first-order chi connectivity index (χ1) is 16.7. The Morgan fingerprint density at radius 2 is 1.74 bits per heavy atom. The number of carbonyl (C=O) groups excluding carboxylic acids is 3. The molecular formula is C25H29N5O4S.